The molecule has 0 unspecified atom stereocenters. The summed E-state index contributed by atoms with van der Waals surface area (Å²) in [6.07, 6.45) is 0. The number of hydrogen-bond acceptors (Lipinski definition) is 4. The minimum absolute atomic E-state index is 0.251. The van der Waals surface area contributed by atoms with Crippen molar-refractivity contribution in [2.45, 2.75) is 4.90 Å². The molecule has 0 amide bonds. The van der Waals surface area contributed by atoms with Gasteiger partial charge in [0.2, 0.25) is 0 Å². The Bertz CT molecular complexity index is 437. The second-order valence-electron chi connectivity index (χ2n) is 2.98. The van der Waals surface area contributed by atoms with Crippen LogP contribution in [0.4, 0.5) is 0 Å². The second-order valence-corrected chi connectivity index (χ2v) is 4.93. The number of carbonyl (C=O) groups excluding carboxylic acids is 1. The van der Waals surface area contributed by atoms with E-state index in [2.05, 4.69) is 0 Å². The summed E-state index contributed by atoms with van der Waals surface area (Å²) >= 11 is 2.90. The molecule has 0 aliphatic heterocycles. The highest BCUT2D eigenvalue weighted by molar-refractivity contribution is 7.99. The minimum atomic E-state index is -0.251. The fourth-order valence-corrected chi connectivity index (χ4v) is 2.40. The zero-order valence-electron chi connectivity index (χ0n) is 8.46. The molecule has 0 saturated heterocycles. The summed E-state index contributed by atoms with van der Waals surface area (Å²) in [5, 5.41) is 1.86. The molecule has 1 aromatic carbocycles. The third kappa shape index (κ3) is 3.12. The molecular weight excluding hydrogens is 240 g/mol. The molecule has 1 aromatic heterocycles. The monoisotopic (exact) mass is 250 g/mol. The number of carbonyl (C=O) groups is 1. The van der Waals surface area contributed by atoms with E-state index in [1.165, 1.54) is 23.1 Å². The van der Waals surface area contributed by atoms with Crippen LogP contribution >= 0.6 is 23.1 Å². The normalized spacial score (nSPS) is 10.0. The highest BCUT2D eigenvalue weighted by atomic mass is 32.2. The first-order valence-electron chi connectivity index (χ1n) is 4.75. The highest BCUT2D eigenvalue weighted by Crippen LogP contribution is 2.18. The van der Waals surface area contributed by atoms with Gasteiger partial charge in [0.1, 0.15) is 10.8 Å². The van der Waals surface area contributed by atoms with Crippen LogP contribution in [0.15, 0.2) is 52.7 Å². The standard InChI is InChI=1S/C12H10O2S2/c13-12(11-7-4-8-15-11)14-9-16-10-5-2-1-3-6-10/h1-8H,9H2. The predicted octanol–water partition coefficient (Wildman–Crippen LogP) is 3.65. The molecule has 0 N–H and O–H groups in total. The van der Waals surface area contributed by atoms with Crippen LogP contribution in [-0.2, 0) is 4.74 Å². The summed E-state index contributed by atoms with van der Waals surface area (Å²) in [6, 6.07) is 13.5. The van der Waals surface area contributed by atoms with Gasteiger partial charge in [-0.15, -0.1) is 11.3 Å². The number of hydrogen-bond donors (Lipinski definition) is 0. The first-order chi connectivity index (χ1) is 7.86. The van der Waals surface area contributed by atoms with E-state index in [0.29, 0.717) is 10.8 Å². The van der Waals surface area contributed by atoms with Crippen molar-refractivity contribution in [2.24, 2.45) is 0 Å². The number of thiophene rings is 1. The van der Waals surface area contributed by atoms with Crippen molar-refractivity contribution in [1.82, 2.24) is 0 Å². The molecule has 0 bridgehead atoms. The van der Waals surface area contributed by atoms with Gasteiger partial charge >= 0.3 is 5.97 Å². The Morgan fingerprint density at radius 2 is 2.00 bits per heavy atom. The molecule has 0 fully saturated rings. The third-order valence-electron chi connectivity index (χ3n) is 1.88. The van der Waals surface area contributed by atoms with Gasteiger partial charge in [0.25, 0.3) is 0 Å². The summed E-state index contributed by atoms with van der Waals surface area (Å²) < 4.78 is 5.12. The van der Waals surface area contributed by atoms with Gasteiger partial charge in [-0.25, -0.2) is 4.79 Å². The summed E-state index contributed by atoms with van der Waals surface area (Å²) in [5.74, 6) is 0.0965. The van der Waals surface area contributed by atoms with E-state index >= 15 is 0 Å². The van der Waals surface area contributed by atoms with Crippen LogP contribution in [0.5, 0.6) is 0 Å². The molecule has 1 heterocycles. The zero-order chi connectivity index (χ0) is 11.2. The molecule has 0 radical (unpaired) electrons. The molecule has 16 heavy (non-hydrogen) atoms. The van der Waals surface area contributed by atoms with Crippen molar-refractivity contribution in [1.29, 1.82) is 0 Å². The Morgan fingerprint density at radius 1 is 1.19 bits per heavy atom. The van der Waals surface area contributed by atoms with Gasteiger partial charge in [-0.3, -0.25) is 0 Å². The molecule has 0 atom stereocenters. The van der Waals surface area contributed by atoms with Crippen LogP contribution in [0.2, 0.25) is 0 Å². The lowest BCUT2D eigenvalue weighted by atomic mass is 10.4. The number of ether oxygens (including phenoxy) is 1. The number of esters is 1. The van der Waals surface area contributed by atoms with Crippen LogP contribution in [0, 0.1) is 0 Å². The van der Waals surface area contributed by atoms with Crippen molar-refractivity contribution in [3.05, 3.63) is 52.7 Å². The zero-order valence-corrected chi connectivity index (χ0v) is 10.1. The van der Waals surface area contributed by atoms with Gasteiger partial charge in [-0.2, -0.15) is 0 Å². The van der Waals surface area contributed by atoms with Crippen molar-refractivity contribution < 1.29 is 9.53 Å². The van der Waals surface area contributed by atoms with Crippen molar-refractivity contribution in [3.8, 4) is 0 Å². The average molecular weight is 250 g/mol. The molecule has 82 valence electrons. The summed E-state index contributed by atoms with van der Waals surface area (Å²) in [6.45, 7) is 0. The maximum atomic E-state index is 11.5. The van der Waals surface area contributed by atoms with Crippen molar-refractivity contribution in [2.75, 3.05) is 5.94 Å². The first kappa shape index (κ1) is 11.2. The number of thioether (sulfide) groups is 1. The average Bonchev–Trinajstić information content (AvgIpc) is 2.84. The Kier molecular flexibility index (Phi) is 4.02. The largest absolute Gasteiger partial charge is 0.450 e. The van der Waals surface area contributed by atoms with Crippen molar-refractivity contribution >= 4 is 29.1 Å². The van der Waals surface area contributed by atoms with Gasteiger partial charge < -0.3 is 4.74 Å². The smallest absolute Gasteiger partial charge is 0.349 e. The van der Waals surface area contributed by atoms with Gasteiger partial charge in [0.15, 0.2) is 0 Å². The Balaban J connectivity index is 1.79. The van der Waals surface area contributed by atoms with E-state index in [9.17, 15) is 4.79 Å². The summed E-state index contributed by atoms with van der Waals surface area (Å²) in [5.41, 5.74) is 0. The molecule has 0 aliphatic carbocycles. The molecular formula is C12H10O2S2. The summed E-state index contributed by atoms with van der Waals surface area (Å²) in [7, 11) is 0. The van der Waals surface area contributed by atoms with E-state index in [4.69, 9.17) is 4.74 Å². The van der Waals surface area contributed by atoms with E-state index in [1.807, 2.05) is 41.8 Å². The Morgan fingerprint density at radius 3 is 2.69 bits per heavy atom. The van der Waals surface area contributed by atoms with Gasteiger partial charge in [-0.1, -0.05) is 36.0 Å². The molecule has 0 saturated carbocycles. The molecule has 4 heteroatoms. The second kappa shape index (κ2) is 5.72. The van der Waals surface area contributed by atoms with E-state index < -0.39 is 0 Å². The SMILES string of the molecule is O=C(OCSc1ccccc1)c1cccs1. The van der Waals surface area contributed by atoms with Crippen LogP contribution < -0.4 is 0 Å². The maximum Gasteiger partial charge on any atom is 0.349 e. The van der Waals surface area contributed by atoms with Crippen molar-refractivity contribution in [3.63, 3.8) is 0 Å². The van der Waals surface area contributed by atoms with Crippen LogP contribution in [0.1, 0.15) is 9.67 Å². The molecule has 2 aromatic rings. The Labute approximate surface area is 102 Å². The van der Waals surface area contributed by atoms with Gasteiger partial charge in [0, 0.05) is 4.90 Å². The van der Waals surface area contributed by atoms with Crippen LogP contribution in [0.3, 0.4) is 0 Å². The van der Waals surface area contributed by atoms with E-state index in [1.54, 1.807) is 6.07 Å². The molecule has 2 nitrogen and oxygen atoms in total. The lowest BCUT2D eigenvalue weighted by molar-refractivity contribution is 0.0585. The number of rotatable bonds is 4. The van der Waals surface area contributed by atoms with Gasteiger partial charge in [0.05, 0.1) is 0 Å². The topological polar surface area (TPSA) is 26.3 Å². The number of benzene rings is 1. The molecule has 2 rings (SSSR count). The fraction of sp³-hybridized carbons (Fsp3) is 0.0833. The lowest BCUT2D eigenvalue weighted by Gasteiger charge is -2.02. The van der Waals surface area contributed by atoms with E-state index in [-0.39, 0.29) is 5.97 Å². The fourth-order valence-electron chi connectivity index (χ4n) is 1.13. The van der Waals surface area contributed by atoms with Crippen LogP contribution in [-0.4, -0.2) is 11.9 Å². The molecule has 0 spiro atoms. The quantitative estimate of drug-likeness (QED) is 0.470. The summed E-state index contributed by atoms with van der Waals surface area (Å²) in [4.78, 5) is 13.2. The van der Waals surface area contributed by atoms with E-state index in [0.717, 1.165) is 4.90 Å². The Hall–Kier alpha value is -1.26. The first-order valence-corrected chi connectivity index (χ1v) is 6.61. The van der Waals surface area contributed by atoms with Crippen LogP contribution in [0.25, 0.3) is 0 Å². The molecule has 0 aliphatic rings. The predicted molar refractivity (Wildman–Crippen MR) is 66.9 cm³/mol. The minimum Gasteiger partial charge on any atom is -0.450 e. The third-order valence-corrected chi connectivity index (χ3v) is 3.57. The highest BCUT2D eigenvalue weighted by Gasteiger charge is 2.07. The van der Waals surface area contributed by atoms with Gasteiger partial charge in [-0.05, 0) is 23.6 Å². The lowest BCUT2D eigenvalue weighted by Crippen LogP contribution is -2.01. The maximum absolute atomic E-state index is 11.5.